The van der Waals surface area contributed by atoms with Gasteiger partial charge in [-0.3, -0.25) is 4.90 Å². The predicted octanol–water partition coefficient (Wildman–Crippen LogP) is 3.25. The molecule has 22 heavy (non-hydrogen) atoms. The van der Waals surface area contributed by atoms with Gasteiger partial charge < -0.3 is 5.11 Å². The van der Waals surface area contributed by atoms with Crippen molar-refractivity contribution in [2.75, 3.05) is 13.1 Å². The molecule has 1 aliphatic rings. The fourth-order valence-electron chi connectivity index (χ4n) is 3.20. The Balaban J connectivity index is 1.62. The van der Waals surface area contributed by atoms with Gasteiger partial charge in [0.15, 0.2) is 0 Å². The third kappa shape index (κ3) is 3.93. The van der Waals surface area contributed by atoms with Crippen LogP contribution in [0.3, 0.4) is 0 Å². The molecule has 3 rings (SSSR count). The number of piperidine rings is 1. The average molecular weight is 299 g/mol. The Morgan fingerprint density at radius 1 is 1.00 bits per heavy atom. The molecule has 3 heteroatoms. The third-order valence-electron chi connectivity index (χ3n) is 4.44. The summed E-state index contributed by atoms with van der Waals surface area (Å²) >= 11 is 0. The molecule has 0 radical (unpaired) electrons. The van der Waals surface area contributed by atoms with Crippen LogP contribution in [0.1, 0.15) is 17.5 Å². The lowest BCUT2D eigenvalue weighted by Gasteiger charge is -2.36. The standard InChI is InChI=1S/C19H22FNO/c20-18-8-6-15(7-9-18)12-17-14-21(11-10-19(17)22)13-16-4-2-1-3-5-16/h1-9,17,19,22H,10-14H2. The molecular formula is C19H22FNO. The Kier molecular flexibility index (Phi) is 4.86. The van der Waals surface area contributed by atoms with E-state index in [1.165, 1.54) is 17.7 Å². The van der Waals surface area contributed by atoms with Crippen molar-refractivity contribution < 1.29 is 9.50 Å². The average Bonchev–Trinajstić information content (AvgIpc) is 2.54. The maximum Gasteiger partial charge on any atom is 0.123 e. The summed E-state index contributed by atoms with van der Waals surface area (Å²) in [6, 6.07) is 17.0. The van der Waals surface area contributed by atoms with Gasteiger partial charge in [-0.15, -0.1) is 0 Å². The molecule has 0 bridgehead atoms. The first-order valence-electron chi connectivity index (χ1n) is 7.89. The second kappa shape index (κ2) is 7.03. The summed E-state index contributed by atoms with van der Waals surface area (Å²) in [6.07, 6.45) is 1.34. The van der Waals surface area contributed by atoms with Crippen molar-refractivity contribution in [3.05, 3.63) is 71.5 Å². The van der Waals surface area contributed by atoms with E-state index in [2.05, 4.69) is 29.2 Å². The summed E-state index contributed by atoms with van der Waals surface area (Å²) in [6.45, 7) is 2.73. The van der Waals surface area contributed by atoms with Gasteiger partial charge in [0.2, 0.25) is 0 Å². The van der Waals surface area contributed by atoms with Crippen molar-refractivity contribution >= 4 is 0 Å². The van der Waals surface area contributed by atoms with Gasteiger partial charge >= 0.3 is 0 Å². The fraction of sp³-hybridized carbons (Fsp3) is 0.368. The highest BCUT2D eigenvalue weighted by molar-refractivity contribution is 5.17. The van der Waals surface area contributed by atoms with Crippen LogP contribution in [-0.2, 0) is 13.0 Å². The van der Waals surface area contributed by atoms with Gasteiger partial charge in [-0.1, -0.05) is 42.5 Å². The van der Waals surface area contributed by atoms with Gasteiger partial charge in [-0.2, -0.15) is 0 Å². The van der Waals surface area contributed by atoms with Crippen LogP contribution in [0, 0.1) is 11.7 Å². The molecule has 0 aromatic heterocycles. The molecule has 2 unspecified atom stereocenters. The Bertz CT molecular complexity index is 584. The van der Waals surface area contributed by atoms with Gasteiger partial charge in [0.25, 0.3) is 0 Å². The summed E-state index contributed by atoms with van der Waals surface area (Å²) in [5, 5.41) is 10.3. The maximum absolute atomic E-state index is 13.0. The van der Waals surface area contributed by atoms with Crippen molar-refractivity contribution in [2.24, 2.45) is 5.92 Å². The van der Waals surface area contributed by atoms with Crippen LogP contribution in [0.2, 0.25) is 0 Å². The van der Waals surface area contributed by atoms with E-state index < -0.39 is 0 Å². The molecule has 2 nitrogen and oxygen atoms in total. The minimum atomic E-state index is -0.267. The largest absolute Gasteiger partial charge is 0.393 e. The van der Waals surface area contributed by atoms with E-state index in [1.807, 2.05) is 18.2 Å². The summed E-state index contributed by atoms with van der Waals surface area (Å²) in [5.74, 6) is 0.00145. The smallest absolute Gasteiger partial charge is 0.123 e. The fourth-order valence-corrected chi connectivity index (χ4v) is 3.20. The summed E-state index contributed by atoms with van der Waals surface area (Å²) in [7, 11) is 0. The number of aliphatic hydroxyl groups excluding tert-OH is 1. The second-order valence-corrected chi connectivity index (χ2v) is 6.17. The molecule has 2 aromatic carbocycles. The molecule has 2 atom stereocenters. The molecule has 0 spiro atoms. The van der Waals surface area contributed by atoms with E-state index in [4.69, 9.17) is 0 Å². The maximum atomic E-state index is 13.0. The van der Waals surface area contributed by atoms with Crippen LogP contribution < -0.4 is 0 Å². The van der Waals surface area contributed by atoms with Gasteiger partial charge in [0.05, 0.1) is 6.10 Å². The first-order valence-corrected chi connectivity index (χ1v) is 7.89. The van der Waals surface area contributed by atoms with Gasteiger partial charge in [0, 0.05) is 25.6 Å². The van der Waals surface area contributed by atoms with E-state index >= 15 is 0 Å². The van der Waals surface area contributed by atoms with Crippen molar-refractivity contribution in [3.8, 4) is 0 Å². The number of hydrogen-bond acceptors (Lipinski definition) is 2. The number of halogens is 1. The quantitative estimate of drug-likeness (QED) is 0.937. The molecule has 1 N–H and O–H groups in total. The number of nitrogens with zero attached hydrogens (tertiary/aromatic N) is 1. The normalized spacial score (nSPS) is 22.6. The minimum Gasteiger partial charge on any atom is -0.393 e. The Labute approximate surface area is 131 Å². The highest BCUT2D eigenvalue weighted by Crippen LogP contribution is 2.23. The summed E-state index contributed by atoms with van der Waals surface area (Å²) in [5.41, 5.74) is 2.39. The molecule has 1 fully saturated rings. The van der Waals surface area contributed by atoms with Crippen LogP contribution in [0.15, 0.2) is 54.6 Å². The second-order valence-electron chi connectivity index (χ2n) is 6.17. The van der Waals surface area contributed by atoms with Gasteiger partial charge in [-0.05, 0) is 36.1 Å². The number of rotatable bonds is 4. The summed E-state index contributed by atoms with van der Waals surface area (Å²) < 4.78 is 13.0. The molecule has 1 saturated heterocycles. The van der Waals surface area contributed by atoms with E-state index in [1.54, 1.807) is 0 Å². The molecule has 2 aromatic rings. The Morgan fingerprint density at radius 2 is 1.73 bits per heavy atom. The van der Waals surface area contributed by atoms with Crippen LogP contribution in [-0.4, -0.2) is 29.2 Å². The lowest BCUT2D eigenvalue weighted by Crippen LogP contribution is -2.43. The van der Waals surface area contributed by atoms with Crippen molar-refractivity contribution in [2.45, 2.75) is 25.5 Å². The lowest BCUT2D eigenvalue weighted by atomic mass is 9.88. The zero-order valence-corrected chi connectivity index (χ0v) is 12.7. The third-order valence-corrected chi connectivity index (χ3v) is 4.44. The zero-order valence-electron chi connectivity index (χ0n) is 12.7. The number of aliphatic hydroxyl groups is 1. The predicted molar refractivity (Wildman–Crippen MR) is 85.9 cm³/mol. The van der Waals surface area contributed by atoms with Crippen LogP contribution in [0.5, 0.6) is 0 Å². The molecule has 0 aliphatic carbocycles. The number of hydrogen-bond donors (Lipinski definition) is 1. The Hall–Kier alpha value is -1.71. The lowest BCUT2D eigenvalue weighted by molar-refractivity contribution is 0.0239. The zero-order chi connectivity index (χ0) is 15.4. The number of benzene rings is 2. The van der Waals surface area contributed by atoms with E-state index in [9.17, 15) is 9.50 Å². The molecule has 0 amide bonds. The minimum absolute atomic E-state index is 0.210. The van der Waals surface area contributed by atoms with Gasteiger partial charge in [0.1, 0.15) is 5.82 Å². The highest BCUT2D eigenvalue weighted by atomic mass is 19.1. The van der Waals surface area contributed by atoms with E-state index in [0.717, 1.165) is 38.0 Å². The summed E-state index contributed by atoms with van der Waals surface area (Å²) in [4.78, 5) is 2.40. The van der Waals surface area contributed by atoms with Crippen LogP contribution in [0.25, 0.3) is 0 Å². The topological polar surface area (TPSA) is 23.5 Å². The SMILES string of the molecule is OC1CCN(Cc2ccccc2)CC1Cc1ccc(F)cc1. The van der Waals surface area contributed by atoms with Crippen molar-refractivity contribution in [3.63, 3.8) is 0 Å². The molecule has 1 heterocycles. The monoisotopic (exact) mass is 299 g/mol. The van der Waals surface area contributed by atoms with E-state index in [-0.39, 0.29) is 17.8 Å². The molecular weight excluding hydrogens is 277 g/mol. The molecule has 116 valence electrons. The van der Waals surface area contributed by atoms with Crippen molar-refractivity contribution in [1.82, 2.24) is 4.90 Å². The number of likely N-dealkylation sites (tertiary alicyclic amines) is 1. The highest BCUT2D eigenvalue weighted by Gasteiger charge is 2.27. The van der Waals surface area contributed by atoms with Crippen LogP contribution >= 0.6 is 0 Å². The Morgan fingerprint density at radius 3 is 2.45 bits per heavy atom. The first-order chi connectivity index (χ1) is 10.7. The first kappa shape index (κ1) is 15.2. The van der Waals surface area contributed by atoms with E-state index in [0.29, 0.717) is 0 Å². The van der Waals surface area contributed by atoms with Gasteiger partial charge in [-0.25, -0.2) is 4.39 Å². The molecule has 1 aliphatic heterocycles. The molecule has 0 saturated carbocycles. The van der Waals surface area contributed by atoms with Crippen LogP contribution in [0.4, 0.5) is 4.39 Å². The van der Waals surface area contributed by atoms with Crippen molar-refractivity contribution in [1.29, 1.82) is 0 Å².